The molecule has 0 spiro atoms. The standard InChI is InChI=1S/C20H16F3NO4/c21-20(22,23)16-9-19(16,17(25)26)24-18(27)28-10-15-13-7-3-1-5-11(13)12-6-2-4-8-14(12)15/h1-8,15-16H,9-10H2,(H,24,27)(H,25,26)/t16-,19-/m1/s1. The van der Waals surface area contributed by atoms with Crippen molar-refractivity contribution in [3.63, 3.8) is 0 Å². The Hall–Kier alpha value is -3.03. The molecule has 0 aromatic heterocycles. The Balaban J connectivity index is 1.48. The minimum absolute atomic E-state index is 0.105. The SMILES string of the molecule is O=C(N[C@]1(C(=O)O)C[C@H]1C(F)(F)F)OCC1c2ccccc2-c2ccccc21. The molecule has 0 heterocycles. The largest absolute Gasteiger partial charge is 0.479 e. The first-order valence-corrected chi connectivity index (χ1v) is 8.67. The number of aliphatic carboxylic acids is 1. The van der Waals surface area contributed by atoms with Gasteiger partial charge in [-0.2, -0.15) is 13.2 Å². The van der Waals surface area contributed by atoms with Gasteiger partial charge in [-0.15, -0.1) is 0 Å². The van der Waals surface area contributed by atoms with Crippen LogP contribution in [0, 0.1) is 5.92 Å². The van der Waals surface area contributed by atoms with E-state index in [4.69, 9.17) is 9.84 Å². The molecule has 1 amide bonds. The lowest BCUT2D eigenvalue weighted by Gasteiger charge is -2.18. The maximum Gasteiger partial charge on any atom is 0.408 e. The zero-order chi connectivity index (χ0) is 20.1. The van der Waals surface area contributed by atoms with E-state index in [0.29, 0.717) is 0 Å². The molecule has 4 rings (SSSR count). The Morgan fingerprint density at radius 3 is 2.07 bits per heavy atom. The van der Waals surface area contributed by atoms with Crippen LogP contribution in [0.1, 0.15) is 23.5 Å². The molecule has 2 aliphatic rings. The van der Waals surface area contributed by atoms with Crippen LogP contribution in [-0.2, 0) is 9.53 Å². The molecule has 2 N–H and O–H groups in total. The van der Waals surface area contributed by atoms with Crippen LogP contribution in [0.15, 0.2) is 48.5 Å². The number of halogens is 3. The Morgan fingerprint density at radius 1 is 1.07 bits per heavy atom. The summed E-state index contributed by atoms with van der Waals surface area (Å²) in [5.74, 6) is -4.10. The predicted molar refractivity (Wildman–Crippen MR) is 92.7 cm³/mol. The van der Waals surface area contributed by atoms with Crippen molar-refractivity contribution in [3.05, 3.63) is 59.7 Å². The van der Waals surface area contributed by atoms with Crippen LogP contribution in [0.25, 0.3) is 11.1 Å². The molecule has 1 fully saturated rings. The second kappa shape index (κ2) is 6.25. The second-order valence-corrected chi connectivity index (χ2v) is 7.03. The van der Waals surface area contributed by atoms with E-state index in [1.54, 1.807) is 0 Å². The van der Waals surface area contributed by atoms with E-state index in [1.807, 2.05) is 53.8 Å². The number of carbonyl (C=O) groups is 2. The number of hydrogen-bond acceptors (Lipinski definition) is 3. The fourth-order valence-corrected chi connectivity index (χ4v) is 3.90. The van der Waals surface area contributed by atoms with Crippen molar-refractivity contribution in [2.75, 3.05) is 6.61 Å². The number of alkyl halides is 3. The van der Waals surface area contributed by atoms with Gasteiger partial charge in [-0.3, -0.25) is 0 Å². The lowest BCUT2D eigenvalue weighted by Crippen LogP contribution is -2.47. The summed E-state index contributed by atoms with van der Waals surface area (Å²) in [5.41, 5.74) is 1.57. The molecule has 0 unspecified atom stereocenters. The first-order chi connectivity index (χ1) is 13.2. The summed E-state index contributed by atoms with van der Waals surface area (Å²) in [6.45, 7) is -0.105. The highest BCUT2D eigenvalue weighted by atomic mass is 19.4. The van der Waals surface area contributed by atoms with E-state index in [-0.39, 0.29) is 12.5 Å². The van der Waals surface area contributed by atoms with Crippen LogP contribution in [-0.4, -0.2) is 35.5 Å². The third kappa shape index (κ3) is 2.89. The number of hydrogen-bond donors (Lipinski definition) is 2. The van der Waals surface area contributed by atoms with Crippen LogP contribution < -0.4 is 5.32 Å². The molecular formula is C20H16F3NO4. The average Bonchev–Trinajstić information content (AvgIpc) is 3.31. The van der Waals surface area contributed by atoms with Crippen LogP contribution in [0.2, 0.25) is 0 Å². The van der Waals surface area contributed by atoms with Gasteiger partial charge in [0.2, 0.25) is 0 Å². The van der Waals surface area contributed by atoms with E-state index >= 15 is 0 Å². The van der Waals surface area contributed by atoms with Crippen LogP contribution in [0.3, 0.4) is 0 Å². The molecule has 0 aliphatic heterocycles. The van der Waals surface area contributed by atoms with E-state index in [1.165, 1.54) is 0 Å². The van der Waals surface area contributed by atoms with Gasteiger partial charge in [-0.1, -0.05) is 48.5 Å². The molecule has 146 valence electrons. The summed E-state index contributed by atoms with van der Waals surface area (Å²) >= 11 is 0. The van der Waals surface area contributed by atoms with Gasteiger partial charge < -0.3 is 15.2 Å². The lowest BCUT2D eigenvalue weighted by molar-refractivity contribution is -0.163. The number of fused-ring (bicyclic) bond motifs is 3. The molecule has 2 aromatic rings. The van der Waals surface area contributed by atoms with Gasteiger partial charge in [0.1, 0.15) is 6.61 Å². The van der Waals surface area contributed by atoms with Crippen molar-refractivity contribution in [2.24, 2.45) is 5.92 Å². The molecule has 2 aliphatic carbocycles. The fraction of sp³-hybridized carbons (Fsp3) is 0.300. The Bertz CT molecular complexity index is 913. The quantitative estimate of drug-likeness (QED) is 0.828. The van der Waals surface area contributed by atoms with Gasteiger partial charge in [0.25, 0.3) is 0 Å². The molecule has 2 atom stereocenters. The summed E-state index contributed by atoms with van der Waals surface area (Å²) < 4.78 is 43.7. The highest BCUT2D eigenvalue weighted by Gasteiger charge is 2.72. The van der Waals surface area contributed by atoms with Gasteiger partial charge in [-0.05, 0) is 28.7 Å². The summed E-state index contributed by atoms with van der Waals surface area (Å²) in [7, 11) is 0. The molecule has 1 saturated carbocycles. The number of amides is 1. The monoisotopic (exact) mass is 391 g/mol. The van der Waals surface area contributed by atoms with Crippen molar-refractivity contribution >= 4 is 12.1 Å². The van der Waals surface area contributed by atoms with Crippen molar-refractivity contribution < 1.29 is 32.6 Å². The molecule has 0 radical (unpaired) electrons. The zero-order valence-corrected chi connectivity index (χ0v) is 14.5. The minimum Gasteiger partial charge on any atom is -0.479 e. The third-order valence-electron chi connectivity index (χ3n) is 5.41. The number of ether oxygens (including phenoxy) is 1. The molecule has 0 saturated heterocycles. The van der Waals surface area contributed by atoms with Gasteiger partial charge in [0.05, 0.1) is 5.92 Å². The highest BCUT2D eigenvalue weighted by Crippen LogP contribution is 2.53. The van der Waals surface area contributed by atoms with Gasteiger partial charge in [0.15, 0.2) is 5.54 Å². The molecular weight excluding hydrogens is 375 g/mol. The molecule has 0 bridgehead atoms. The average molecular weight is 391 g/mol. The first-order valence-electron chi connectivity index (χ1n) is 8.67. The molecule has 8 heteroatoms. The predicted octanol–water partition coefficient (Wildman–Crippen LogP) is 3.93. The van der Waals surface area contributed by atoms with E-state index in [2.05, 4.69) is 0 Å². The number of carboxylic acid groups (broad SMARTS) is 1. The Morgan fingerprint density at radius 2 is 1.61 bits per heavy atom. The minimum atomic E-state index is -4.70. The number of alkyl carbamates (subject to hydrolysis) is 1. The van der Waals surface area contributed by atoms with Crippen molar-refractivity contribution in [3.8, 4) is 11.1 Å². The maximum atomic E-state index is 12.9. The highest BCUT2D eigenvalue weighted by molar-refractivity contribution is 5.88. The molecule has 5 nitrogen and oxygen atoms in total. The Kier molecular flexibility index (Phi) is 4.10. The zero-order valence-electron chi connectivity index (χ0n) is 14.5. The van der Waals surface area contributed by atoms with Crippen molar-refractivity contribution in [1.29, 1.82) is 0 Å². The Labute approximate surface area is 158 Å². The van der Waals surface area contributed by atoms with E-state index < -0.39 is 36.1 Å². The van der Waals surface area contributed by atoms with Crippen LogP contribution >= 0.6 is 0 Å². The van der Waals surface area contributed by atoms with E-state index in [9.17, 15) is 22.8 Å². The topological polar surface area (TPSA) is 75.6 Å². The fourth-order valence-electron chi connectivity index (χ4n) is 3.90. The summed E-state index contributed by atoms with van der Waals surface area (Å²) in [5, 5.41) is 11.1. The van der Waals surface area contributed by atoms with Crippen molar-refractivity contribution in [2.45, 2.75) is 24.1 Å². The number of carbonyl (C=O) groups excluding carboxylic acids is 1. The van der Waals surface area contributed by atoms with Gasteiger partial charge in [0, 0.05) is 5.92 Å². The third-order valence-corrected chi connectivity index (χ3v) is 5.41. The maximum absolute atomic E-state index is 12.9. The first kappa shape index (κ1) is 18.3. The molecule has 28 heavy (non-hydrogen) atoms. The number of rotatable bonds is 4. The summed E-state index contributed by atoms with van der Waals surface area (Å²) in [4.78, 5) is 23.4. The number of benzene rings is 2. The normalized spacial score (nSPS) is 22.9. The van der Waals surface area contributed by atoms with Gasteiger partial charge in [-0.25, -0.2) is 9.59 Å². The smallest absolute Gasteiger partial charge is 0.408 e. The van der Waals surface area contributed by atoms with Crippen molar-refractivity contribution in [1.82, 2.24) is 5.32 Å². The van der Waals surface area contributed by atoms with Crippen LogP contribution in [0.5, 0.6) is 0 Å². The number of carboxylic acids is 1. The lowest BCUT2D eigenvalue weighted by atomic mass is 9.98. The second-order valence-electron chi connectivity index (χ2n) is 7.03. The molecule has 2 aromatic carbocycles. The van der Waals surface area contributed by atoms with Gasteiger partial charge >= 0.3 is 18.2 Å². The number of nitrogens with one attached hydrogen (secondary N) is 1. The van der Waals surface area contributed by atoms with Crippen LogP contribution in [0.4, 0.5) is 18.0 Å². The van der Waals surface area contributed by atoms with E-state index in [0.717, 1.165) is 22.3 Å². The summed E-state index contributed by atoms with van der Waals surface area (Å²) in [6.07, 6.45) is -6.57. The summed E-state index contributed by atoms with van der Waals surface area (Å²) in [6, 6.07) is 15.2.